The Labute approximate surface area is 179 Å². The molecule has 0 bridgehead atoms. The quantitative estimate of drug-likeness (QED) is 0.588. The van der Waals surface area contributed by atoms with E-state index >= 15 is 0 Å². The summed E-state index contributed by atoms with van der Waals surface area (Å²) in [5.74, 6) is 1.08. The molecule has 0 fully saturated rings. The van der Waals surface area contributed by atoms with Crippen molar-refractivity contribution in [3.8, 4) is 0 Å². The number of carbonyl (C=O) groups excluding carboxylic acids is 2. The van der Waals surface area contributed by atoms with Gasteiger partial charge in [0, 0.05) is 18.8 Å². The molecular weight excluding hydrogens is 380 g/mol. The van der Waals surface area contributed by atoms with E-state index in [1.165, 1.54) is 11.1 Å². The maximum atomic E-state index is 13.1. The van der Waals surface area contributed by atoms with E-state index in [2.05, 4.69) is 17.4 Å². The molecule has 0 aliphatic heterocycles. The third-order valence-electron chi connectivity index (χ3n) is 4.75. The van der Waals surface area contributed by atoms with Gasteiger partial charge in [0.25, 0.3) is 0 Å². The van der Waals surface area contributed by atoms with Crippen LogP contribution in [0.5, 0.6) is 0 Å². The zero-order valence-electron chi connectivity index (χ0n) is 17.7. The summed E-state index contributed by atoms with van der Waals surface area (Å²) in [4.78, 5) is 27.6. The molecule has 1 atom stereocenters. The smallest absolute Gasteiger partial charge is 0.242 e. The Hall–Kier alpha value is -2.27. The van der Waals surface area contributed by atoms with Gasteiger partial charge in [-0.1, -0.05) is 74.0 Å². The minimum absolute atomic E-state index is 0.00463. The molecule has 4 nitrogen and oxygen atoms in total. The first-order valence-electron chi connectivity index (χ1n) is 10.3. The molecule has 0 aliphatic rings. The van der Waals surface area contributed by atoms with Crippen molar-refractivity contribution in [3.05, 3.63) is 71.3 Å². The van der Waals surface area contributed by atoms with Crippen molar-refractivity contribution < 1.29 is 9.59 Å². The number of rotatable bonds is 11. The van der Waals surface area contributed by atoms with E-state index < -0.39 is 6.04 Å². The van der Waals surface area contributed by atoms with Gasteiger partial charge in [0.2, 0.25) is 11.8 Å². The molecule has 2 aromatic carbocycles. The molecule has 1 N–H and O–H groups in total. The molecule has 0 saturated carbocycles. The molecule has 2 aromatic rings. The molecule has 0 aliphatic carbocycles. The van der Waals surface area contributed by atoms with Crippen LogP contribution in [0, 0.1) is 6.92 Å². The van der Waals surface area contributed by atoms with E-state index in [9.17, 15) is 9.59 Å². The van der Waals surface area contributed by atoms with E-state index in [0.717, 1.165) is 17.7 Å². The molecule has 0 aromatic heterocycles. The fourth-order valence-electron chi connectivity index (χ4n) is 3.09. The average molecular weight is 413 g/mol. The summed E-state index contributed by atoms with van der Waals surface area (Å²) in [7, 11) is 0. The van der Waals surface area contributed by atoms with Gasteiger partial charge in [0.05, 0.1) is 5.75 Å². The van der Waals surface area contributed by atoms with Crippen molar-refractivity contribution in [2.75, 3.05) is 12.3 Å². The summed E-state index contributed by atoms with van der Waals surface area (Å²) in [5.41, 5.74) is 3.42. The number of benzene rings is 2. The second kappa shape index (κ2) is 12.3. The van der Waals surface area contributed by atoms with Crippen LogP contribution in [0.25, 0.3) is 0 Å². The van der Waals surface area contributed by atoms with Crippen LogP contribution >= 0.6 is 11.8 Å². The Kier molecular flexibility index (Phi) is 9.78. The van der Waals surface area contributed by atoms with Crippen molar-refractivity contribution in [1.82, 2.24) is 10.2 Å². The minimum Gasteiger partial charge on any atom is -0.354 e. The van der Waals surface area contributed by atoms with Gasteiger partial charge in [-0.25, -0.2) is 0 Å². The number of amides is 2. The van der Waals surface area contributed by atoms with Gasteiger partial charge in [-0.3, -0.25) is 9.59 Å². The van der Waals surface area contributed by atoms with Crippen LogP contribution < -0.4 is 5.32 Å². The monoisotopic (exact) mass is 412 g/mol. The van der Waals surface area contributed by atoms with Gasteiger partial charge in [0.15, 0.2) is 0 Å². The van der Waals surface area contributed by atoms with Crippen molar-refractivity contribution >= 4 is 23.6 Å². The summed E-state index contributed by atoms with van der Waals surface area (Å²) in [5, 5.41) is 2.96. The van der Waals surface area contributed by atoms with Crippen molar-refractivity contribution in [3.63, 3.8) is 0 Å². The lowest BCUT2D eigenvalue weighted by Gasteiger charge is -2.30. The first-order chi connectivity index (χ1) is 14.0. The number of nitrogens with zero attached hydrogens (tertiary/aromatic N) is 1. The van der Waals surface area contributed by atoms with Gasteiger partial charge < -0.3 is 10.2 Å². The van der Waals surface area contributed by atoms with Crippen molar-refractivity contribution in [2.24, 2.45) is 0 Å². The largest absolute Gasteiger partial charge is 0.354 e. The third kappa shape index (κ3) is 7.58. The molecule has 0 radical (unpaired) electrons. The van der Waals surface area contributed by atoms with Gasteiger partial charge in [-0.15, -0.1) is 11.8 Å². The third-order valence-corrected chi connectivity index (χ3v) is 5.73. The molecule has 0 unspecified atom stereocenters. The zero-order chi connectivity index (χ0) is 21.1. The van der Waals surface area contributed by atoms with E-state index in [0.29, 0.717) is 25.3 Å². The van der Waals surface area contributed by atoms with Crippen LogP contribution in [-0.4, -0.2) is 35.1 Å². The molecule has 0 saturated heterocycles. The maximum absolute atomic E-state index is 13.1. The predicted octanol–water partition coefficient (Wildman–Crippen LogP) is 4.56. The topological polar surface area (TPSA) is 49.4 Å². The summed E-state index contributed by atoms with van der Waals surface area (Å²) < 4.78 is 0. The second-order valence-electron chi connectivity index (χ2n) is 7.20. The van der Waals surface area contributed by atoms with Gasteiger partial charge in [-0.05, 0) is 30.9 Å². The summed E-state index contributed by atoms with van der Waals surface area (Å²) in [6, 6.07) is 17.8. The zero-order valence-corrected chi connectivity index (χ0v) is 18.5. The van der Waals surface area contributed by atoms with E-state index in [1.807, 2.05) is 63.2 Å². The standard InChI is InChI=1S/C24H32N2O2S/c1-4-15-25-24(28)22(5-2)26(16-20-13-11-19(3)12-14-20)23(27)18-29-17-21-9-7-6-8-10-21/h6-14,22H,4-5,15-18H2,1-3H3,(H,25,28)/t22-/m1/s1. The molecule has 29 heavy (non-hydrogen) atoms. The van der Waals surface area contributed by atoms with Gasteiger partial charge in [-0.2, -0.15) is 0 Å². The summed E-state index contributed by atoms with van der Waals surface area (Å²) in [6.45, 7) is 7.10. The van der Waals surface area contributed by atoms with Gasteiger partial charge >= 0.3 is 0 Å². The first-order valence-corrected chi connectivity index (χ1v) is 11.4. The van der Waals surface area contributed by atoms with Crippen molar-refractivity contribution in [2.45, 2.75) is 52.0 Å². The number of hydrogen-bond acceptors (Lipinski definition) is 3. The maximum Gasteiger partial charge on any atom is 0.242 e. The van der Waals surface area contributed by atoms with Gasteiger partial charge in [0.1, 0.15) is 6.04 Å². The highest BCUT2D eigenvalue weighted by molar-refractivity contribution is 7.99. The van der Waals surface area contributed by atoms with Crippen LogP contribution in [0.4, 0.5) is 0 Å². The Bertz CT molecular complexity index is 762. The first kappa shape index (κ1) is 23.0. The van der Waals surface area contributed by atoms with E-state index in [1.54, 1.807) is 16.7 Å². The lowest BCUT2D eigenvalue weighted by atomic mass is 10.1. The molecular formula is C24H32N2O2S. The number of thioether (sulfide) groups is 1. The summed E-state index contributed by atoms with van der Waals surface area (Å²) >= 11 is 1.59. The Morgan fingerprint density at radius 1 is 1.00 bits per heavy atom. The van der Waals surface area contributed by atoms with Crippen LogP contribution in [0.3, 0.4) is 0 Å². The number of nitrogens with one attached hydrogen (secondary N) is 1. The van der Waals surface area contributed by atoms with Crippen molar-refractivity contribution in [1.29, 1.82) is 0 Å². The highest BCUT2D eigenvalue weighted by Gasteiger charge is 2.28. The minimum atomic E-state index is -0.451. The number of carbonyl (C=O) groups is 2. The lowest BCUT2D eigenvalue weighted by molar-refractivity contribution is -0.139. The highest BCUT2D eigenvalue weighted by Crippen LogP contribution is 2.17. The van der Waals surface area contributed by atoms with E-state index in [-0.39, 0.29) is 11.8 Å². The van der Waals surface area contributed by atoms with Crippen LogP contribution in [-0.2, 0) is 21.9 Å². The van der Waals surface area contributed by atoms with E-state index in [4.69, 9.17) is 0 Å². The van der Waals surface area contributed by atoms with Crippen LogP contribution in [0.15, 0.2) is 54.6 Å². The second-order valence-corrected chi connectivity index (χ2v) is 8.19. The molecule has 5 heteroatoms. The molecule has 2 rings (SSSR count). The fourth-order valence-corrected chi connectivity index (χ4v) is 3.96. The average Bonchev–Trinajstić information content (AvgIpc) is 2.74. The molecule has 0 spiro atoms. The lowest BCUT2D eigenvalue weighted by Crippen LogP contribution is -2.49. The Balaban J connectivity index is 2.09. The Morgan fingerprint density at radius 3 is 2.31 bits per heavy atom. The highest BCUT2D eigenvalue weighted by atomic mass is 32.2. The molecule has 156 valence electrons. The number of aryl methyl sites for hydroxylation is 1. The number of hydrogen-bond donors (Lipinski definition) is 1. The SMILES string of the molecule is CCCNC(=O)[C@@H](CC)N(Cc1ccc(C)cc1)C(=O)CSCc1ccccc1. The Morgan fingerprint density at radius 2 is 1.69 bits per heavy atom. The molecule has 2 amide bonds. The van der Waals surface area contributed by atoms with Crippen LogP contribution in [0.2, 0.25) is 0 Å². The molecule has 0 heterocycles. The van der Waals surface area contributed by atoms with Crippen LogP contribution in [0.1, 0.15) is 43.4 Å². The summed E-state index contributed by atoms with van der Waals surface area (Å²) in [6.07, 6.45) is 1.47. The fraction of sp³-hybridized carbons (Fsp3) is 0.417. The normalized spacial score (nSPS) is 11.7. The predicted molar refractivity (Wildman–Crippen MR) is 122 cm³/mol.